The highest BCUT2D eigenvalue weighted by molar-refractivity contribution is 7.09. The Bertz CT molecular complexity index is 419. The van der Waals surface area contributed by atoms with E-state index in [-0.39, 0.29) is 11.8 Å². The quantitative estimate of drug-likeness (QED) is 0.866. The van der Waals surface area contributed by atoms with Crippen LogP contribution in [0, 0.1) is 18.8 Å². The van der Waals surface area contributed by atoms with Crippen LogP contribution < -0.4 is 11.1 Å². The van der Waals surface area contributed by atoms with Gasteiger partial charge < -0.3 is 11.1 Å². The number of aryl methyl sites for hydroxylation is 1. The maximum Gasteiger partial charge on any atom is 0.223 e. The van der Waals surface area contributed by atoms with Gasteiger partial charge in [0.2, 0.25) is 5.91 Å². The number of nitrogens with two attached hydrogens (primary N) is 1. The lowest BCUT2D eigenvalue weighted by molar-refractivity contribution is -0.127. The average molecular weight is 281 g/mol. The van der Waals surface area contributed by atoms with Gasteiger partial charge in [0.05, 0.1) is 10.7 Å². The van der Waals surface area contributed by atoms with Gasteiger partial charge in [0.25, 0.3) is 0 Å². The third-order valence-corrected chi connectivity index (χ3v) is 4.72. The van der Waals surface area contributed by atoms with Crippen molar-refractivity contribution in [2.24, 2.45) is 17.6 Å². The third-order valence-electron chi connectivity index (χ3n) is 3.90. The molecule has 0 aromatic carbocycles. The van der Waals surface area contributed by atoms with E-state index in [4.69, 9.17) is 5.73 Å². The molecule has 2 atom stereocenters. The van der Waals surface area contributed by atoms with Crippen molar-refractivity contribution in [2.45, 2.75) is 39.0 Å². The standard InChI is InChI=1S/C14H23N3OS/c1-10-17-12(9-19-10)6-7-16-14(18)13-5-3-2-4-11(13)8-15/h9,11,13H,2-8,15H2,1H3,(H,16,18). The van der Waals surface area contributed by atoms with Crippen LogP contribution in [0.3, 0.4) is 0 Å². The zero-order valence-corrected chi connectivity index (χ0v) is 12.3. The first-order valence-corrected chi connectivity index (χ1v) is 7.97. The van der Waals surface area contributed by atoms with Crippen LogP contribution in [0.25, 0.3) is 0 Å². The topological polar surface area (TPSA) is 68.0 Å². The summed E-state index contributed by atoms with van der Waals surface area (Å²) in [6.45, 7) is 3.31. The maximum atomic E-state index is 12.2. The van der Waals surface area contributed by atoms with Gasteiger partial charge in [0.15, 0.2) is 0 Å². The molecule has 1 amide bonds. The van der Waals surface area contributed by atoms with Crippen molar-refractivity contribution in [3.8, 4) is 0 Å². The lowest BCUT2D eigenvalue weighted by Crippen LogP contribution is -2.40. The van der Waals surface area contributed by atoms with Gasteiger partial charge in [-0.3, -0.25) is 4.79 Å². The molecule has 0 bridgehead atoms. The number of rotatable bonds is 5. The smallest absolute Gasteiger partial charge is 0.223 e. The van der Waals surface area contributed by atoms with Gasteiger partial charge in [0.1, 0.15) is 0 Å². The number of aromatic nitrogens is 1. The molecule has 1 aliphatic carbocycles. The Labute approximate surface area is 118 Å². The summed E-state index contributed by atoms with van der Waals surface area (Å²) < 4.78 is 0. The summed E-state index contributed by atoms with van der Waals surface area (Å²) in [5, 5.41) is 6.19. The molecule has 0 spiro atoms. The van der Waals surface area contributed by atoms with Crippen molar-refractivity contribution < 1.29 is 4.79 Å². The van der Waals surface area contributed by atoms with E-state index < -0.39 is 0 Å². The molecule has 1 aromatic heterocycles. The van der Waals surface area contributed by atoms with Crippen LogP contribution in [-0.2, 0) is 11.2 Å². The molecule has 106 valence electrons. The van der Waals surface area contributed by atoms with Crippen molar-refractivity contribution >= 4 is 17.2 Å². The van der Waals surface area contributed by atoms with Crippen molar-refractivity contribution in [1.82, 2.24) is 10.3 Å². The van der Waals surface area contributed by atoms with E-state index in [9.17, 15) is 4.79 Å². The number of nitrogens with zero attached hydrogens (tertiary/aromatic N) is 1. The zero-order valence-electron chi connectivity index (χ0n) is 11.5. The average Bonchev–Trinajstić information content (AvgIpc) is 2.84. The monoisotopic (exact) mass is 281 g/mol. The SMILES string of the molecule is Cc1nc(CCNC(=O)C2CCCCC2CN)cs1. The van der Waals surface area contributed by atoms with Gasteiger partial charge in [-0.25, -0.2) is 4.98 Å². The Balaban J connectivity index is 1.77. The van der Waals surface area contributed by atoms with Crippen LogP contribution in [0.15, 0.2) is 5.38 Å². The fourth-order valence-corrected chi connectivity index (χ4v) is 3.45. The number of hydrogen-bond acceptors (Lipinski definition) is 4. The number of hydrogen-bond donors (Lipinski definition) is 2. The second kappa shape index (κ2) is 7.01. The van der Waals surface area contributed by atoms with Crippen molar-refractivity contribution in [1.29, 1.82) is 0 Å². The highest BCUT2D eigenvalue weighted by atomic mass is 32.1. The Morgan fingerprint density at radius 1 is 1.53 bits per heavy atom. The van der Waals surface area contributed by atoms with Crippen molar-refractivity contribution in [3.05, 3.63) is 16.1 Å². The molecule has 0 aliphatic heterocycles. The highest BCUT2D eigenvalue weighted by Crippen LogP contribution is 2.29. The minimum absolute atomic E-state index is 0.121. The lowest BCUT2D eigenvalue weighted by atomic mass is 9.79. The molecule has 19 heavy (non-hydrogen) atoms. The van der Waals surface area contributed by atoms with E-state index in [2.05, 4.69) is 15.7 Å². The first kappa shape index (κ1) is 14.5. The molecule has 0 saturated heterocycles. The molecule has 2 unspecified atom stereocenters. The third kappa shape index (κ3) is 4.01. The van der Waals surface area contributed by atoms with Crippen LogP contribution in [-0.4, -0.2) is 24.0 Å². The van der Waals surface area contributed by atoms with E-state index in [1.54, 1.807) is 11.3 Å². The number of carbonyl (C=O) groups is 1. The largest absolute Gasteiger partial charge is 0.355 e. The molecular weight excluding hydrogens is 258 g/mol. The van der Waals surface area contributed by atoms with Gasteiger partial charge in [0, 0.05) is 24.3 Å². The summed E-state index contributed by atoms with van der Waals surface area (Å²) in [6, 6.07) is 0. The summed E-state index contributed by atoms with van der Waals surface area (Å²) in [5.74, 6) is 0.674. The zero-order chi connectivity index (χ0) is 13.7. The molecule has 1 heterocycles. The molecule has 4 nitrogen and oxygen atoms in total. The van der Waals surface area contributed by atoms with Gasteiger partial charge in [-0.1, -0.05) is 12.8 Å². The van der Waals surface area contributed by atoms with E-state index in [1.165, 1.54) is 6.42 Å². The molecule has 5 heteroatoms. The lowest BCUT2D eigenvalue weighted by Gasteiger charge is -2.29. The van der Waals surface area contributed by atoms with Crippen LogP contribution in [0.1, 0.15) is 36.4 Å². The summed E-state index contributed by atoms with van der Waals surface area (Å²) in [6.07, 6.45) is 5.27. The van der Waals surface area contributed by atoms with Crippen molar-refractivity contribution in [3.63, 3.8) is 0 Å². The second-order valence-corrected chi connectivity index (χ2v) is 6.35. The fraction of sp³-hybridized carbons (Fsp3) is 0.714. The number of thiazole rings is 1. The minimum atomic E-state index is 0.121. The highest BCUT2D eigenvalue weighted by Gasteiger charge is 2.29. The van der Waals surface area contributed by atoms with E-state index in [0.29, 0.717) is 19.0 Å². The van der Waals surface area contributed by atoms with Gasteiger partial charge in [-0.15, -0.1) is 11.3 Å². The van der Waals surface area contributed by atoms with Gasteiger partial charge >= 0.3 is 0 Å². The Kier molecular flexibility index (Phi) is 5.34. The van der Waals surface area contributed by atoms with E-state index >= 15 is 0 Å². The van der Waals surface area contributed by atoms with Gasteiger partial charge in [-0.2, -0.15) is 0 Å². The molecule has 1 aliphatic rings. The number of amides is 1. The second-order valence-electron chi connectivity index (χ2n) is 5.29. The summed E-state index contributed by atoms with van der Waals surface area (Å²) in [4.78, 5) is 16.6. The predicted octanol–water partition coefficient (Wildman–Crippen LogP) is 1.88. The number of carbonyl (C=O) groups excluding carboxylic acids is 1. The Hall–Kier alpha value is -0.940. The Morgan fingerprint density at radius 3 is 3.00 bits per heavy atom. The summed E-state index contributed by atoms with van der Waals surface area (Å²) >= 11 is 1.65. The van der Waals surface area contributed by atoms with Crippen LogP contribution >= 0.6 is 11.3 Å². The van der Waals surface area contributed by atoms with Crippen LogP contribution in [0.4, 0.5) is 0 Å². The van der Waals surface area contributed by atoms with E-state index in [0.717, 1.165) is 36.4 Å². The van der Waals surface area contributed by atoms with Crippen LogP contribution in [0.2, 0.25) is 0 Å². The predicted molar refractivity (Wildman–Crippen MR) is 78.1 cm³/mol. The molecule has 3 N–H and O–H groups in total. The Morgan fingerprint density at radius 2 is 2.32 bits per heavy atom. The molecule has 1 saturated carbocycles. The summed E-state index contributed by atoms with van der Waals surface area (Å²) in [7, 11) is 0. The first-order chi connectivity index (χ1) is 9.20. The van der Waals surface area contributed by atoms with Gasteiger partial charge in [-0.05, 0) is 32.2 Å². The van der Waals surface area contributed by atoms with Crippen molar-refractivity contribution in [2.75, 3.05) is 13.1 Å². The first-order valence-electron chi connectivity index (χ1n) is 7.09. The molecular formula is C14H23N3OS. The summed E-state index contributed by atoms with van der Waals surface area (Å²) in [5.41, 5.74) is 6.84. The normalized spacial score (nSPS) is 23.3. The minimum Gasteiger partial charge on any atom is -0.355 e. The van der Waals surface area contributed by atoms with E-state index in [1.807, 2.05) is 6.92 Å². The maximum absolute atomic E-state index is 12.2. The molecule has 1 aromatic rings. The number of nitrogens with one attached hydrogen (secondary N) is 1. The van der Waals surface area contributed by atoms with Crippen LogP contribution in [0.5, 0.6) is 0 Å². The molecule has 0 radical (unpaired) electrons. The fourth-order valence-electron chi connectivity index (χ4n) is 2.80. The molecule has 2 rings (SSSR count). The molecule has 1 fully saturated rings.